The van der Waals surface area contributed by atoms with Crippen LogP contribution in [-0.4, -0.2) is 50.3 Å². The second kappa shape index (κ2) is 11.8. The van der Waals surface area contributed by atoms with Crippen LogP contribution in [0.5, 0.6) is 0 Å². The average molecular weight is 610 g/mol. The number of aromatic nitrogens is 3. The molecule has 17 heteroatoms. The first-order chi connectivity index (χ1) is 18.9. The minimum absolute atomic E-state index is 0.128. The first kappa shape index (κ1) is 31.5. The maximum atomic E-state index is 13.3. The number of nitrogens with zero attached hydrogens (tertiary/aromatic N) is 3. The molecule has 2 aromatic carbocycles. The molecule has 0 aliphatic rings. The van der Waals surface area contributed by atoms with Crippen molar-refractivity contribution in [2.75, 3.05) is 6.61 Å². The van der Waals surface area contributed by atoms with Gasteiger partial charge in [-0.05, 0) is 48.9 Å². The van der Waals surface area contributed by atoms with Crippen LogP contribution in [-0.2, 0) is 34.3 Å². The third kappa shape index (κ3) is 7.79. The van der Waals surface area contributed by atoms with Gasteiger partial charge in [0.05, 0.1) is 17.6 Å². The van der Waals surface area contributed by atoms with E-state index in [-0.39, 0.29) is 22.0 Å². The average Bonchev–Trinajstić information content (AvgIpc) is 3.16. The van der Waals surface area contributed by atoms with E-state index in [4.69, 9.17) is 22.1 Å². The fraction of sp³-hybridized carbons (Fsp3) is 0.333. The Kier molecular flexibility index (Phi) is 9.08. The zero-order chi connectivity index (χ0) is 30.8. The molecule has 2 atom stereocenters. The van der Waals surface area contributed by atoms with Crippen molar-refractivity contribution in [2.24, 2.45) is 5.73 Å². The summed E-state index contributed by atoms with van der Waals surface area (Å²) in [7, 11) is 0. The van der Waals surface area contributed by atoms with Gasteiger partial charge in [0, 0.05) is 10.6 Å². The molecule has 0 aliphatic carbocycles. The predicted molar refractivity (Wildman–Crippen MR) is 131 cm³/mol. The summed E-state index contributed by atoms with van der Waals surface area (Å²) in [4.78, 5) is 37.2. The first-order valence-corrected chi connectivity index (χ1v) is 11.9. The van der Waals surface area contributed by atoms with Crippen LogP contribution >= 0.6 is 11.6 Å². The molecule has 0 saturated carbocycles. The highest BCUT2D eigenvalue weighted by Crippen LogP contribution is 2.32. The molecule has 1 heterocycles. The lowest BCUT2D eigenvalue weighted by atomic mass is 9.91. The largest absolute Gasteiger partial charge is 0.447 e. The Labute approximate surface area is 232 Å². The number of alkyl halides is 6. The van der Waals surface area contributed by atoms with Gasteiger partial charge in [0.15, 0.2) is 11.9 Å². The number of aliphatic hydroxyl groups is 1. The van der Waals surface area contributed by atoms with Crippen LogP contribution in [0.15, 0.2) is 53.3 Å². The van der Waals surface area contributed by atoms with Gasteiger partial charge in [0.2, 0.25) is 5.91 Å². The van der Waals surface area contributed by atoms with Gasteiger partial charge in [-0.25, -0.2) is 14.3 Å². The van der Waals surface area contributed by atoms with Gasteiger partial charge in [0.25, 0.3) is 0 Å². The number of primary amides is 1. The molecule has 1 aromatic heterocycles. The SMILES string of the molecule is CC(COC(N)=O)(NC(=O)Cn1nc(-c2ccc(Cl)cc2)n(C[C@@H](O)C(F)(F)F)c1=O)c1cccc(C(F)(F)F)c1. The van der Waals surface area contributed by atoms with E-state index in [1.807, 2.05) is 0 Å². The summed E-state index contributed by atoms with van der Waals surface area (Å²) < 4.78 is 84.8. The third-order valence-corrected chi connectivity index (χ3v) is 6.05. The molecule has 2 amide bonds. The number of ether oxygens (including phenoxy) is 1. The van der Waals surface area contributed by atoms with Crippen molar-refractivity contribution in [1.29, 1.82) is 0 Å². The van der Waals surface area contributed by atoms with Gasteiger partial charge in [-0.15, -0.1) is 5.10 Å². The molecule has 0 aliphatic heterocycles. The number of nitrogens with two attached hydrogens (primary N) is 1. The summed E-state index contributed by atoms with van der Waals surface area (Å²) in [5, 5.41) is 16.2. The van der Waals surface area contributed by atoms with Crippen molar-refractivity contribution in [3.63, 3.8) is 0 Å². The van der Waals surface area contributed by atoms with Crippen LogP contribution < -0.4 is 16.7 Å². The number of hydrogen-bond acceptors (Lipinski definition) is 6. The second-order valence-corrected chi connectivity index (χ2v) is 9.44. The number of hydrogen-bond donors (Lipinski definition) is 3. The Balaban J connectivity index is 1.98. The Morgan fingerprint density at radius 3 is 2.27 bits per heavy atom. The van der Waals surface area contributed by atoms with Gasteiger partial charge in [-0.1, -0.05) is 23.7 Å². The molecule has 3 rings (SSSR count). The summed E-state index contributed by atoms with van der Waals surface area (Å²) in [5.41, 5.74) is 0.894. The highest BCUT2D eigenvalue weighted by molar-refractivity contribution is 6.30. The molecule has 10 nitrogen and oxygen atoms in total. The van der Waals surface area contributed by atoms with E-state index in [9.17, 15) is 45.8 Å². The van der Waals surface area contributed by atoms with Crippen molar-refractivity contribution in [1.82, 2.24) is 19.7 Å². The van der Waals surface area contributed by atoms with Gasteiger partial charge >= 0.3 is 24.1 Å². The summed E-state index contributed by atoms with van der Waals surface area (Å²) in [6.45, 7) is -1.66. The molecule has 0 saturated heterocycles. The number of halogens is 7. The van der Waals surface area contributed by atoms with Crippen molar-refractivity contribution < 1.29 is 45.8 Å². The summed E-state index contributed by atoms with van der Waals surface area (Å²) in [6, 6.07) is 9.20. The molecular formula is C24H22ClF6N5O5. The Hall–Kier alpha value is -4.05. The quantitative estimate of drug-likeness (QED) is 0.318. The second-order valence-electron chi connectivity index (χ2n) is 9.01. The van der Waals surface area contributed by atoms with Crippen LogP contribution in [0.3, 0.4) is 0 Å². The Morgan fingerprint density at radius 1 is 1.10 bits per heavy atom. The standard InChI is InChI=1S/C24H22ClF6N5O5/c1-22(12-41-20(32)39,14-3-2-4-15(9-14)23(26,27)28)33-18(38)11-36-21(40)35(10-17(37)24(29,30)31)19(34-36)13-5-7-16(25)8-6-13/h2-9,17,37H,10-12H2,1H3,(H2,32,39)(H,33,38)/t17-,22?/m1/s1. The summed E-state index contributed by atoms with van der Waals surface area (Å²) in [5.74, 6) is -1.37. The maximum absolute atomic E-state index is 13.3. The van der Waals surface area contributed by atoms with Crippen LogP contribution in [0.2, 0.25) is 5.02 Å². The van der Waals surface area contributed by atoms with Crippen molar-refractivity contribution in [3.05, 3.63) is 75.2 Å². The minimum Gasteiger partial charge on any atom is -0.447 e. The van der Waals surface area contributed by atoms with E-state index in [1.54, 1.807) is 0 Å². The van der Waals surface area contributed by atoms with E-state index in [0.29, 0.717) is 15.3 Å². The normalized spacial score (nSPS) is 14.3. The van der Waals surface area contributed by atoms with Crippen LogP contribution in [0.4, 0.5) is 31.1 Å². The van der Waals surface area contributed by atoms with Crippen LogP contribution in [0, 0.1) is 0 Å². The monoisotopic (exact) mass is 609 g/mol. The van der Waals surface area contributed by atoms with Crippen molar-refractivity contribution in [3.8, 4) is 11.4 Å². The van der Waals surface area contributed by atoms with Gasteiger partial charge in [0.1, 0.15) is 13.2 Å². The molecule has 0 bridgehead atoms. The van der Waals surface area contributed by atoms with E-state index in [2.05, 4.69) is 10.4 Å². The van der Waals surface area contributed by atoms with Gasteiger partial charge < -0.3 is 20.9 Å². The lowest BCUT2D eigenvalue weighted by Gasteiger charge is -2.31. The zero-order valence-corrected chi connectivity index (χ0v) is 21.7. The number of amides is 2. The minimum atomic E-state index is -5.08. The molecule has 222 valence electrons. The fourth-order valence-electron chi connectivity index (χ4n) is 3.73. The Bertz CT molecular complexity index is 1470. The van der Waals surface area contributed by atoms with E-state index < -0.39 is 66.9 Å². The maximum Gasteiger partial charge on any atom is 0.416 e. The molecular weight excluding hydrogens is 588 g/mol. The lowest BCUT2D eigenvalue weighted by molar-refractivity contribution is -0.207. The number of aliphatic hydroxyl groups excluding tert-OH is 1. The molecule has 3 aromatic rings. The summed E-state index contributed by atoms with van der Waals surface area (Å²) >= 11 is 5.84. The molecule has 1 unspecified atom stereocenters. The summed E-state index contributed by atoms with van der Waals surface area (Å²) in [6.07, 6.45) is -14.1. The Morgan fingerprint density at radius 2 is 1.71 bits per heavy atom. The van der Waals surface area contributed by atoms with Crippen molar-refractivity contribution >= 4 is 23.6 Å². The number of rotatable bonds is 9. The third-order valence-electron chi connectivity index (χ3n) is 5.80. The number of nitrogens with one attached hydrogen (secondary N) is 1. The first-order valence-electron chi connectivity index (χ1n) is 11.5. The highest BCUT2D eigenvalue weighted by Gasteiger charge is 2.40. The molecule has 41 heavy (non-hydrogen) atoms. The number of carbonyl (C=O) groups excluding carboxylic acids is 2. The smallest absolute Gasteiger partial charge is 0.416 e. The van der Waals surface area contributed by atoms with Gasteiger partial charge in [-0.2, -0.15) is 26.3 Å². The topological polar surface area (TPSA) is 141 Å². The van der Waals surface area contributed by atoms with E-state index in [1.165, 1.54) is 37.3 Å². The molecule has 0 spiro atoms. The van der Waals surface area contributed by atoms with Crippen LogP contribution in [0.1, 0.15) is 18.1 Å². The van der Waals surface area contributed by atoms with E-state index in [0.717, 1.165) is 12.1 Å². The number of carbonyl (C=O) groups is 2. The van der Waals surface area contributed by atoms with Crippen LogP contribution in [0.25, 0.3) is 11.4 Å². The zero-order valence-electron chi connectivity index (χ0n) is 21.0. The molecule has 4 N–H and O–H groups in total. The number of benzene rings is 2. The molecule has 0 radical (unpaired) electrons. The van der Waals surface area contributed by atoms with E-state index >= 15 is 0 Å². The highest BCUT2D eigenvalue weighted by atomic mass is 35.5. The van der Waals surface area contributed by atoms with Gasteiger partial charge in [-0.3, -0.25) is 9.36 Å². The van der Waals surface area contributed by atoms with Crippen molar-refractivity contribution in [2.45, 2.75) is 44.0 Å². The molecule has 0 fully saturated rings. The lowest BCUT2D eigenvalue weighted by Crippen LogP contribution is -2.49. The fourth-order valence-corrected chi connectivity index (χ4v) is 3.85. The predicted octanol–water partition coefficient (Wildman–Crippen LogP) is 3.43.